The standard InChI is InChI=1S/C12H16O2/c1-12(2,3)10-4-5-11-9(6-10)7-13-8-14-11/h4-6H,7-8H2,1-3H3. The van der Waals surface area contributed by atoms with E-state index in [1.54, 1.807) is 0 Å². The molecule has 2 nitrogen and oxygen atoms in total. The molecule has 0 unspecified atom stereocenters. The third-order valence-corrected chi connectivity index (χ3v) is 2.48. The fourth-order valence-electron chi connectivity index (χ4n) is 1.56. The highest BCUT2D eigenvalue weighted by Crippen LogP contribution is 2.30. The lowest BCUT2D eigenvalue weighted by Gasteiger charge is -2.23. The van der Waals surface area contributed by atoms with E-state index in [0.717, 1.165) is 11.3 Å². The summed E-state index contributed by atoms with van der Waals surface area (Å²) in [5.74, 6) is 0.962. The van der Waals surface area contributed by atoms with Crippen LogP contribution in [-0.4, -0.2) is 6.79 Å². The first-order chi connectivity index (χ1) is 6.57. The molecular formula is C12H16O2. The van der Waals surface area contributed by atoms with Crippen molar-refractivity contribution in [1.82, 2.24) is 0 Å². The number of ether oxygens (including phenoxy) is 2. The quantitative estimate of drug-likeness (QED) is 0.629. The van der Waals surface area contributed by atoms with Gasteiger partial charge in [0.05, 0.1) is 6.61 Å². The van der Waals surface area contributed by atoms with E-state index in [1.165, 1.54) is 5.56 Å². The Hall–Kier alpha value is -1.02. The van der Waals surface area contributed by atoms with E-state index in [4.69, 9.17) is 9.47 Å². The first kappa shape index (κ1) is 9.53. The molecule has 1 aliphatic rings. The summed E-state index contributed by atoms with van der Waals surface area (Å²) in [6, 6.07) is 6.34. The minimum atomic E-state index is 0.187. The van der Waals surface area contributed by atoms with Crippen LogP contribution in [0.25, 0.3) is 0 Å². The predicted octanol–water partition coefficient (Wildman–Crippen LogP) is 2.85. The van der Waals surface area contributed by atoms with E-state index < -0.39 is 0 Å². The zero-order valence-electron chi connectivity index (χ0n) is 8.96. The average molecular weight is 192 g/mol. The van der Waals surface area contributed by atoms with Crippen LogP contribution in [0.15, 0.2) is 18.2 Å². The van der Waals surface area contributed by atoms with Crippen molar-refractivity contribution < 1.29 is 9.47 Å². The Labute approximate surface area is 84.8 Å². The fraction of sp³-hybridized carbons (Fsp3) is 0.500. The van der Waals surface area contributed by atoms with Crippen LogP contribution in [0.3, 0.4) is 0 Å². The lowest BCUT2D eigenvalue weighted by Crippen LogP contribution is -2.15. The summed E-state index contributed by atoms with van der Waals surface area (Å²) in [7, 11) is 0. The molecular weight excluding hydrogens is 176 g/mol. The maximum Gasteiger partial charge on any atom is 0.189 e. The summed E-state index contributed by atoms with van der Waals surface area (Å²) < 4.78 is 10.6. The molecule has 0 aromatic heterocycles. The molecule has 2 rings (SSSR count). The van der Waals surface area contributed by atoms with Crippen molar-refractivity contribution in [2.45, 2.75) is 32.8 Å². The Balaban J connectivity index is 2.39. The topological polar surface area (TPSA) is 18.5 Å². The summed E-state index contributed by atoms with van der Waals surface area (Å²) >= 11 is 0. The summed E-state index contributed by atoms with van der Waals surface area (Å²) in [6.07, 6.45) is 0. The Morgan fingerprint density at radius 3 is 2.71 bits per heavy atom. The minimum absolute atomic E-state index is 0.187. The van der Waals surface area contributed by atoms with Crippen molar-refractivity contribution in [3.8, 4) is 5.75 Å². The van der Waals surface area contributed by atoms with Crippen molar-refractivity contribution in [2.24, 2.45) is 0 Å². The molecule has 0 spiro atoms. The van der Waals surface area contributed by atoms with Gasteiger partial charge in [-0.3, -0.25) is 0 Å². The van der Waals surface area contributed by atoms with Gasteiger partial charge < -0.3 is 9.47 Å². The molecule has 76 valence electrons. The number of fused-ring (bicyclic) bond motifs is 1. The molecule has 0 N–H and O–H groups in total. The van der Waals surface area contributed by atoms with E-state index in [0.29, 0.717) is 13.4 Å². The van der Waals surface area contributed by atoms with Crippen LogP contribution < -0.4 is 4.74 Å². The van der Waals surface area contributed by atoms with Crippen LogP contribution in [0.1, 0.15) is 31.9 Å². The molecule has 0 fully saturated rings. The maximum atomic E-state index is 5.37. The largest absolute Gasteiger partial charge is 0.467 e. The monoisotopic (exact) mass is 192 g/mol. The molecule has 14 heavy (non-hydrogen) atoms. The molecule has 2 heteroatoms. The second-order valence-electron chi connectivity index (χ2n) is 4.68. The van der Waals surface area contributed by atoms with Crippen LogP contribution in [0.2, 0.25) is 0 Å². The van der Waals surface area contributed by atoms with E-state index >= 15 is 0 Å². The molecule has 1 aromatic carbocycles. The van der Waals surface area contributed by atoms with Crippen molar-refractivity contribution in [1.29, 1.82) is 0 Å². The van der Waals surface area contributed by atoms with E-state index in [9.17, 15) is 0 Å². The molecule has 0 atom stereocenters. The highest BCUT2D eigenvalue weighted by molar-refractivity contribution is 5.39. The van der Waals surface area contributed by atoms with Gasteiger partial charge in [-0.25, -0.2) is 0 Å². The fourth-order valence-corrected chi connectivity index (χ4v) is 1.56. The predicted molar refractivity (Wildman–Crippen MR) is 55.4 cm³/mol. The number of hydrogen-bond acceptors (Lipinski definition) is 2. The van der Waals surface area contributed by atoms with Crippen LogP contribution in [0.4, 0.5) is 0 Å². The second kappa shape index (κ2) is 3.28. The van der Waals surface area contributed by atoms with Gasteiger partial charge in [-0.15, -0.1) is 0 Å². The van der Waals surface area contributed by atoms with Gasteiger partial charge in [0.2, 0.25) is 0 Å². The van der Waals surface area contributed by atoms with E-state index in [-0.39, 0.29) is 5.41 Å². The van der Waals surface area contributed by atoms with Crippen LogP contribution >= 0.6 is 0 Å². The lowest BCUT2D eigenvalue weighted by atomic mass is 9.86. The molecule has 1 aliphatic heterocycles. The Kier molecular flexibility index (Phi) is 2.23. The summed E-state index contributed by atoms with van der Waals surface area (Å²) in [5, 5.41) is 0. The molecule has 0 radical (unpaired) electrons. The zero-order chi connectivity index (χ0) is 10.2. The Morgan fingerprint density at radius 1 is 1.21 bits per heavy atom. The number of benzene rings is 1. The molecule has 0 aliphatic carbocycles. The van der Waals surface area contributed by atoms with Crippen molar-refractivity contribution in [2.75, 3.05) is 6.79 Å². The van der Waals surface area contributed by atoms with Gasteiger partial charge >= 0.3 is 0 Å². The Morgan fingerprint density at radius 2 is 2.00 bits per heavy atom. The summed E-state index contributed by atoms with van der Waals surface area (Å²) in [5.41, 5.74) is 2.67. The average Bonchev–Trinajstić information content (AvgIpc) is 2.16. The van der Waals surface area contributed by atoms with Gasteiger partial charge in [-0.05, 0) is 23.1 Å². The lowest BCUT2D eigenvalue weighted by molar-refractivity contribution is -0.0164. The van der Waals surface area contributed by atoms with Crippen LogP contribution in [0, 0.1) is 0 Å². The molecule has 0 bridgehead atoms. The molecule has 0 saturated carbocycles. The van der Waals surface area contributed by atoms with Crippen LogP contribution in [-0.2, 0) is 16.8 Å². The SMILES string of the molecule is CC(C)(C)c1ccc2c(c1)COCO2. The van der Waals surface area contributed by atoms with Gasteiger partial charge in [0, 0.05) is 5.56 Å². The molecule has 0 saturated heterocycles. The Bertz CT molecular complexity index is 337. The number of hydrogen-bond donors (Lipinski definition) is 0. The van der Waals surface area contributed by atoms with Gasteiger partial charge in [0.1, 0.15) is 5.75 Å². The van der Waals surface area contributed by atoms with E-state index in [2.05, 4.69) is 32.9 Å². The van der Waals surface area contributed by atoms with Gasteiger partial charge in [-0.2, -0.15) is 0 Å². The van der Waals surface area contributed by atoms with Crippen LogP contribution in [0.5, 0.6) is 5.75 Å². The normalized spacial score (nSPS) is 15.9. The second-order valence-corrected chi connectivity index (χ2v) is 4.68. The van der Waals surface area contributed by atoms with Gasteiger partial charge in [-0.1, -0.05) is 26.8 Å². The summed E-state index contributed by atoms with van der Waals surface area (Å²) in [4.78, 5) is 0. The van der Waals surface area contributed by atoms with E-state index in [1.807, 2.05) is 6.07 Å². The molecule has 1 heterocycles. The first-order valence-electron chi connectivity index (χ1n) is 4.91. The van der Waals surface area contributed by atoms with Crippen molar-refractivity contribution in [3.63, 3.8) is 0 Å². The summed E-state index contributed by atoms with van der Waals surface area (Å²) in [6.45, 7) is 7.67. The van der Waals surface area contributed by atoms with Crippen molar-refractivity contribution in [3.05, 3.63) is 29.3 Å². The maximum absolute atomic E-state index is 5.37. The highest BCUT2D eigenvalue weighted by Gasteiger charge is 2.17. The van der Waals surface area contributed by atoms with Crippen molar-refractivity contribution >= 4 is 0 Å². The third kappa shape index (κ3) is 1.75. The third-order valence-electron chi connectivity index (χ3n) is 2.48. The zero-order valence-corrected chi connectivity index (χ0v) is 8.96. The smallest absolute Gasteiger partial charge is 0.189 e. The molecule has 1 aromatic rings. The minimum Gasteiger partial charge on any atom is -0.467 e. The molecule has 0 amide bonds. The van der Waals surface area contributed by atoms with Gasteiger partial charge in [0.15, 0.2) is 6.79 Å². The first-order valence-corrected chi connectivity index (χ1v) is 4.91. The highest BCUT2D eigenvalue weighted by atomic mass is 16.7. The number of rotatable bonds is 0. The van der Waals surface area contributed by atoms with Gasteiger partial charge in [0.25, 0.3) is 0 Å².